The van der Waals surface area contributed by atoms with E-state index in [0.29, 0.717) is 5.82 Å². The van der Waals surface area contributed by atoms with Gasteiger partial charge in [0.05, 0.1) is 11.4 Å². The number of benzene rings is 8. The van der Waals surface area contributed by atoms with Crippen LogP contribution in [0.2, 0.25) is 0 Å². The topological polar surface area (TPSA) is 52.1 Å². The van der Waals surface area contributed by atoms with Crippen molar-refractivity contribution in [3.63, 3.8) is 0 Å². The number of aromatic nitrogens is 2. The largest absolute Gasteiger partial charge is 0.456 e. The summed E-state index contributed by atoms with van der Waals surface area (Å²) < 4.78 is 12.7. The maximum Gasteiger partial charge on any atom is 0.160 e. The highest BCUT2D eigenvalue weighted by molar-refractivity contribution is 6.10. The number of fused-ring (bicyclic) bond motifs is 7. The molecule has 252 valence electrons. The standard InChI is InChI=1S/C50H30N2O2/c1-2-13-32(14-3-1)50-51-44(30-45(52-50)42-21-11-20-41-39-17-6-9-23-47(39)54-49(41)42)36-27-34(26-35(28-36)38-19-10-15-31-12-4-5-16-37(31)38)33-24-25-48-43(29-33)40-18-7-8-22-46(40)53-48/h1-30H. The summed E-state index contributed by atoms with van der Waals surface area (Å²) in [6.45, 7) is 0. The maximum atomic E-state index is 6.51. The molecule has 0 saturated heterocycles. The molecule has 0 N–H and O–H groups in total. The zero-order chi connectivity index (χ0) is 35.6. The van der Waals surface area contributed by atoms with Crippen LogP contribution in [-0.4, -0.2) is 9.97 Å². The maximum absolute atomic E-state index is 6.51. The van der Waals surface area contributed by atoms with Crippen molar-refractivity contribution in [3.8, 4) is 56.2 Å². The monoisotopic (exact) mass is 690 g/mol. The molecule has 0 unspecified atom stereocenters. The quantitative estimate of drug-likeness (QED) is 0.180. The molecule has 0 bridgehead atoms. The Balaban J connectivity index is 1.17. The first-order valence-electron chi connectivity index (χ1n) is 18.1. The van der Waals surface area contributed by atoms with Crippen LogP contribution in [0.1, 0.15) is 0 Å². The highest BCUT2D eigenvalue weighted by atomic mass is 16.3. The van der Waals surface area contributed by atoms with Gasteiger partial charge >= 0.3 is 0 Å². The van der Waals surface area contributed by atoms with Crippen LogP contribution in [0, 0.1) is 0 Å². The van der Waals surface area contributed by atoms with E-state index in [4.69, 9.17) is 18.8 Å². The highest BCUT2D eigenvalue weighted by Crippen LogP contribution is 2.40. The molecule has 3 aromatic heterocycles. The molecule has 4 heteroatoms. The Hall–Kier alpha value is -7.30. The van der Waals surface area contributed by atoms with Gasteiger partial charge in [-0.2, -0.15) is 0 Å². The van der Waals surface area contributed by atoms with E-state index in [1.54, 1.807) is 0 Å². The fourth-order valence-electron chi connectivity index (χ4n) is 7.88. The summed E-state index contributed by atoms with van der Waals surface area (Å²) in [5.41, 5.74) is 12.4. The van der Waals surface area contributed by atoms with Crippen molar-refractivity contribution in [2.45, 2.75) is 0 Å². The van der Waals surface area contributed by atoms with Crippen LogP contribution in [0.15, 0.2) is 191 Å². The molecule has 0 aliphatic heterocycles. The van der Waals surface area contributed by atoms with Crippen molar-refractivity contribution in [2.75, 3.05) is 0 Å². The van der Waals surface area contributed by atoms with Crippen molar-refractivity contribution in [2.24, 2.45) is 0 Å². The molecule has 0 aliphatic rings. The van der Waals surface area contributed by atoms with Gasteiger partial charge in [-0.15, -0.1) is 0 Å². The zero-order valence-electron chi connectivity index (χ0n) is 29.0. The third-order valence-corrected chi connectivity index (χ3v) is 10.5. The molecular weight excluding hydrogens is 661 g/mol. The molecule has 0 fully saturated rings. The van der Waals surface area contributed by atoms with Gasteiger partial charge in [0.25, 0.3) is 0 Å². The molecule has 0 saturated carbocycles. The van der Waals surface area contributed by atoms with Crippen molar-refractivity contribution in [1.82, 2.24) is 9.97 Å². The van der Waals surface area contributed by atoms with E-state index < -0.39 is 0 Å². The molecule has 8 aromatic carbocycles. The zero-order valence-corrected chi connectivity index (χ0v) is 29.0. The van der Waals surface area contributed by atoms with Gasteiger partial charge in [-0.1, -0.05) is 127 Å². The van der Waals surface area contributed by atoms with Gasteiger partial charge in [0.15, 0.2) is 5.82 Å². The Morgan fingerprint density at radius 1 is 0.315 bits per heavy atom. The summed E-state index contributed by atoms with van der Waals surface area (Å²) in [5, 5.41) is 6.74. The van der Waals surface area contributed by atoms with E-state index in [1.807, 2.05) is 48.5 Å². The second-order valence-electron chi connectivity index (χ2n) is 13.7. The summed E-state index contributed by atoms with van der Waals surface area (Å²) in [6.07, 6.45) is 0. The van der Waals surface area contributed by atoms with E-state index in [2.05, 4.69) is 133 Å². The third kappa shape index (κ3) is 5.00. The minimum Gasteiger partial charge on any atom is -0.456 e. The van der Waals surface area contributed by atoms with Crippen molar-refractivity contribution in [1.29, 1.82) is 0 Å². The van der Waals surface area contributed by atoms with E-state index in [-0.39, 0.29) is 0 Å². The van der Waals surface area contributed by atoms with Crippen LogP contribution in [-0.2, 0) is 0 Å². The van der Waals surface area contributed by atoms with E-state index in [0.717, 1.165) is 94.2 Å². The lowest BCUT2D eigenvalue weighted by Gasteiger charge is -2.14. The Bertz CT molecular complexity index is 3220. The first-order valence-corrected chi connectivity index (χ1v) is 18.1. The van der Waals surface area contributed by atoms with Crippen molar-refractivity contribution < 1.29 is 8.83 Å². The van der Waals surface area contributed by atoms with Gasteiger partial charge in [-0.3, -0.25) is 0 Å². The second kappa shape index (κ2) is 12.1. The summed E-state index contributed by atoms with van der Waals surface area (Å²) in [5.74, 6) is 0.652. The molecule has 0 radical (unpaired) electrons. The van der Waals surface area contributed by atoms with E-state index in [1.165, 1.54) is 10.8 Å². The van der Waals surface area contributed by atoms with Crippen LogP contribution in [0.5, 0.6) is 0 Å². The number of furan rings is 2. The molecule has 3 heterocycles. The molecule has 0 aliphatic carbocycles. The lowest BCUT2D eigenvalue weighted by Crippen LogP contribution is -1.97. The molecule has 0 spiro atoms. The summed E-state index contributed by atoms with van der Waals surface area (Å²) in [6, 6.07) is 63.4. The molecule has 54 heavy (non-hydrogen) atoms. The fourth-order valence-corrected chi connectivity index (χ4v) is 7.88. The number of para-hydroxylation sites is 3. The van der Waals surface area contributed by atoms with Crippen molar-refractivity contribution >= 4 is 54.6 Å². The van der Waals surface area contributed by atoms with Crippen LogP contribution in [0.3, 0.4) is 0 Å². The summed E-state index contributed by atoms with van der Waals surface area (Å²) in [7, 11) is 0. The number of hydrogen-bond acceptors (Lipinski definition) is 4. The SMILES string of the molecule is c1ccc(-c2nc(-c3cc(-c4ccc5oc6ccccc6c5c4)cc(-c4cccc5ccccc45)c3)cc(-c3cccc4c3oc3ccccc34)n2)cc1. The molecule has 11 aromatic rings. The predicted molar refractivity (Wildman–Crippen MR) is 221 cm³/mol. The number of rotatable bonds is 5. The first-order chi connectivity index (χ1) is 26.7. The van der Waals surface area contributed by atoms with E-state index >= 15 is 0 Å². The Morgan fingerprint density at radius 3 is 1.80 bits per heavy atom. The minimum atomic E-state index is 0.652. The summed E-state index contributed by atoms with van der Waals surface area (Å²) in [4.78, 5) is 10.5. The van der Waals surface area contributed by atoms with Gasteiger partial charge in [0.1, 0.15) is 22.3 Å². The van der Waals surface area contributed by atoms with Crippen molar-refractivity contribution in [3.05, 3.63) is 182 Å². The number of hydrogen-bond donors (Lipinski definition) is 0. The molecule has 11 rings (SSSR count). The third-order valence-electron chi connectivity index (χ3n) is 10.5. The normalized spacial score (nSPS) is 11.7. The van der Waals surface area contributed by atoms with E-state index in [9.17, 15) is 0 Å². The fraction of sp³-hybridized carbons (Fsp3) is 0. The van der Waals surface area contributed by atoms with Crippen LogP contribution >= 0.6 is 0 Å². The molecular formula is C50H30N2O2. The van der Waals surface area contributed by atoms with Gasteiger partial charge in [-0.05, 0) is 87.6 Å². The van der Waals surface area contributed by atoms with Crippen LogP contribution in [0.4, 0.5) is 0 Å². The molecule has 0 atom stereocenters. The lowest BCUT2D eigenvalue weighted by atomic mass is 9.91. The Kier molecular flexibility index (Phi) is 6.82. The second-order valence-corrected chi connectivity index (χ2v) is 13.7. The summed E-state index contributed by atoms with van der Waals surface area (Å²) >= 11 is 0. The minimum absolute atomic E-state index is 0.652. The molecule has 0 amide bonds. The first kappa shape index (κ1) is 30.3. The Morgan fingerprint density at radius 2 is 0.926 bits per heavy atom. The van der Waals surface area contributed by atoms with Gasteiger partial charge in [-0.25, -0.2) is 9.97 Å². The number of nitrogens with zero attached hydrogens (tertiary/aromatic N) is 2. The van der Waals surface area contributed by atoms with Gasteiger partial charge in [0.2, 0.25) is 0 Å². The van der Waals surface area contributed by atoms with Gasteiger partial charge in [0, 0.05) is 38.2 Å². The molecule has 4 nitrogen and oxygen atoms in total. The average molecular weight is 691 g/mol. The highest BCUT2D eigenvalue weighted by Gasteiger charge is 2.18. The van der Waals surface area contributed by atoms with Crippen LogP contribution in [0.25, 0.3) is 111 Å². The average Bonchev–Trinajstić information content (AvgIpc) is 3.82. The smallest absolute Gasteiger partial charge is 0.160 e. The lowest BCUT2D eigenvalue weighted by molar-refractivity contribution is 0.669. The van der Waals surface area contributed by atoms with Gasteiger partial charge < -0.3 is 8.83 Å². The van der Waals surface area contributed by atoms with Crippen LogP contribution < -0.4 is 0 Å². The predicted octanol–water partition coefficient (Wildman–Crippen LogP) is 13.8. The Labute approximate surface area is 310 Å².